The number of amides is 1. The molecule has 2 heterocycles. The molecule has 3 aromatic rings. The van der Waals surface area contributed by atoms with Crippen LogP contribution in [-0.4, -0.2) is 39.0 Å². The number of H-pyrrole nitrogens is 1. The first-order valence-electron chi connectivity index (χ1n) is 8.51. The molecule has 0 unspecified atom stereocenters. The van der Waals surface area contributed by atoms with Gasteiger partial charge in [-0.25, -0.2) is 0 Å². The number of nitrogens with one attached hydrogen (secondary N) is 2. The van der Waals surface area contributed by atoms with Crippen molar-refractivity contribution in [3.63, 3.8) is 0 Å². The highest BCUT2D eigenvalue weighted by atomic mass is 16.5. The van der Waals surface area contributed by atoms with E-state index in [1.165, 1.54) is 0 Å². The second kappa shape index (κ2) is 7.83. The van der Waals surface area contributed by atoms with Crippen LogP contribution in [0, 0.1) is 0 Å². The van der Waals surface area contributed by atoms with Crippen LogP contribution in [0.25, 0.3) is 10.9 Å². The first-order chi connectivity index (χ1) is 12.2. The predicted molar refractivity (Wildman–Crippen MR) is 95.5 cm³/mol. The molecule has 0 aliphatic carbocycles. The molecule has 132 valence electrons. The number of carbonyl (C=O) groups is 1. The number of benzene rings is 1. The molecule has 0 aliphatic rings. The Morgan fingerprint density at radius 1 is 1.40 bits per heavy atom. The highest BCUT2D eigenvalue weighted by molar-refractivity contribution is 5.93. The van der Waals surface area contributed by atoms with Crippen molar-refractivity contribution in [3.8, 4) is 5.75 Å². The summed E-state index contributed by atoms with van der Waals surface area (Å²) in [6.45, 7) is 3.17. The maximum Gasteiger partial charge on any atom is 0.224 e. The molecule has 25 heavy (non-hydrogen) atoms. The minimum atomic E-state index is 0.00588. The molecule has 0 saturated carbocycles. The van der Waals surface area contributed by atoms with Gasteiger partial charge in [0.25, 0.3) is 0 Å². The summed E-state index contributed by atoms with van der Waals surface area (Å²) in [5.74, 6) is 0.818. The van der Waals surface area contributed by atoms with Crippen molar-refractivity contribution in [2.45, 2.75) is 26.2 Å². The lowest BCUT2D eigenvalue weighted by Crippen LogP contribution is -2.26. The van der Waals surface area contributed by atoms with Crippen molar-refractivity contribution < 1.29 is 9.53 Å². The van der Waals surface area contributed by atoms with Crippen molar-refractivity contribution >= 4 is 16.8 Å². The summed E-state index contributed by atoms with van der Waals surface area (Å²) in [5.41, 5.74) is 2.87. The van der Waals surface area contributed by atoms with E-state index in [-0.39, 0.29) is 5.91 Å². The number of carbonyl (C=O) groups excluding carboxylic acids is 1. The van der Waals surface area contributed by atoms with Gasteiger partial charge in [-0.2, -0.15) is 15.0 Å². The Morgan fingerprint density at radius 3 is 3.04 bits per heavy atom. The minimum absolute atomic E-state index is 0.00588. The Labute approximate surface area is 146 Å². The summed E-state index contributed by atoms with van der Waals surface area (Å²) in [6.07, 6.45) is 5.60. The Hall–Kier alpha value is -2.83. The number of aromatic nitrogens is 4. The molecular formula is C18H23N5O2. The van der Waals surface area contributed by atoms with E-state index < -0.39 is 0 Å². The van der Waals surface area contributed by atoms with Gasteiger partial charge < -0.3 is 15.0 Å². The zero-order valence-corrected chi connectivity index (χ0v) is 14.6. The lowest BCUT2D eigenvalue weighted by molar-refractivity contribution is -0.120. The third kappa shape index (κ3) is 4.17. The van der Waals surface area contributed by atoms with Crippen LogP contribution in [0.2, 0.25) is 0 Å². The van der Waals surface area contributed by atoms with E-state index in [9.17, 15) is 4.79 Å². The summed E-state index contributed by atoms with van der Waals surface area (Å²) in [6, 6.07) is 5.86. The van der Waals surface area contributed by atoms with Gasteiger partial charge in [-0.1, -0.05) is 6.07 Å². The Kier molecular flexibility index (Phi) is 5.33. The smallest absolute Gasteiger partial charge is 0.224 e. The zero-order chi connectivity index (χ0) is 17.6. The monoisotopic (exact) mass is 341 g/mol. The highest BCUT2D eigenvalue weighted by Gasteiger charge is 2.12. The van der Waals surface area contributed by atoms with E-state index >= 15 is 0 Å². The van der Waals surface area contributed by atoms with Gasteiger partial charge in [0.2, 0.25) is 5.91 Å². The van der Waals surface area contributed by atoms with Gasteiger partial charge in [0, 0.05) is 30.7 Å². The van der Waals surface area contributed by atoms with Crippen molar-refractivity contribution in [3.05, 3.63) is 41.9 Å². The molecule has 7 heteroatoms. The Balaban J connectivity index is 1.55. The van der Waals surface area contributed by atoms with E-state index in [1.807, 2.05) is 31.3 Å². The number of ether oxygens (including phenoxy) is 1. The van der Waals surface area contributed by atoms with E-state index in [2.05, 4.69) is 20.5 Å². The molecule has 2 N–H and O–H groups in total. The fraction of sp³-hybridized carbons (Fsp3) is 0.389. The Bertz CT molecular complexity index is 852. The van der Waals surface area contributed by atoms with Crippen LogP contribution < -0.4 is 10.1 Å². The van der Waals surface area contributed by atoms with Crippen LogP contribution in [0.3, 0.4) is 0 Å². The quantitative estimate of drug-likeness (QED) is 0.614. The van der Waals surface area contributed by atoms with E-state index in [0.29, 0.717) is 19.6 Å². The van der Waals surface area contributed by atoms with Crippen molar-refractivity contribution in [2.75, 3.05) is 13.2 Å². The van der Waals surface area contributed by atoms with Crippen molar-refractivity contribution in [1.82, 2.24) is 25.3 Å². The Morgan fingerprint density at radius 2 is 2.28 bits per heavy atom. The number of hydrogen-bond acceptors (Lipinski definition) is 4. The molecule has 1 amide bonds. The second-order valence-electron chi connectivity index (χ2n) is 5.88. The van der Waals surface area contributed by atoms with Gasteiger partial charge in [0.1, 0.15) is 5.75 Å². The third-order valence-corrected chi connectivity index (χ3v) is 3.98. The third-order valence-electron chi connectivity index (χ3n) is 3.98. The van der Waals surface area contributed by atoms with Gasteiger partial charge in [-0.05, 0) is 37.5 Å². The molecule has 7 nitrogen and oxygen atoms in total. The SMILES string of the molecule is CCOc1cccc2[nH]cc(CC(=O)NCCCc3cnn(C)n3)c12. The van der Waals surface area contributed by atoms with Gasteiger partial charge in [-0.3, -0.25) is 4.79 Å². The van der Waals surface area contributed by atoms with Gasteiger partial charge in [-0.15, -0.1) is 0 Å². The predicted octanol–water partition coefficient (Wildman–Crippen LogP) is 1.99. The maximum absolute atomic E-state index is 12.2. The number of hydrogen-bond donors (Lipinski definition) is 2. The molecule has 0 saturated heterocycles. The molecule has 0 atom stereocenters. The molecule has 2 aromatic heterocycles. The first-order valence-corrected chi connectivity index (χ1v) is 8.51. The van der Waals surface area contributed by atoms with E-state index in [1.54, 1.807) is 18.0 Å². The average Bonchev–Trinajstić information content (AvgIpc) is 3.19. The maximum atomic E-state index is 12.2. The molecule has 0 aliphatic heterocycles. The largest absolute Gasteiger partial charge is 0.493 e. The van der Waals surface area contributed by atoms with Crippen LogP contribution in [0.15, 0.2) is 30.6 Å². The van der Waals surface area contributed by atoms with Crippen LogP contribution in [0.5, 0.6) is 5.75 Å². The molecule has 3 rings (SSSR count). The summed E-state index contributed by atoms with van der Waals surface area (Å²) < 4.78 is 5.68. The zero-order valence-electron chi connectivity index (χ0n) is 14.6. The van der Waals surface area contributed by atoms with Crippen LogP contribution in [0.1, 0.15) is 24.6 Å². The first kappa shape index (κ1) is 17.0. The summed E-state index contributed by atoms with van der Waals surface area (Å²) in [5, 5.41) is 12.2. The van der Waals surface area contributed by atoms with Crippen LogP contribution >= 0.6 is 0 Å². The van der Waals surface area contributed by atoms with Gasteiger partial charge in [0.05, 0.1) is 24.9 Å². The fourth-order valence-electron chi connectivity index (χ4n) is 2.87. The summed E-state index contributed by atoms with van der Waals surface area (Å²) in [7, 11) is 1.79. The topological polar surface area (TPSA) is 84.8 Å². The molecule has 0 bridgehead atoms. The normalized spacial score (nSPS) is 11.0. The van der Waals surface area contributed by atoms with Crippen LogP contribution in [-0.2, 0) is 24.7 Å². The van der Waals surface area contributed by atoms with E-state index in [4.69, 9.17) is 4.74 Å². The number of aromatic amines is 1. The lowest BCUT2D eigenvalue weighted by atomic mass is 10.1. The highest BCUT2D eigenvalue weighted by Crippen LogP contribution is 2.29. The van der Waals surface area contributed by atoms with E-state index in [0.717, 1.165) is 40.8 Å². The average molecular weight is 341 g/mol. The molecule has 0 fully saturated rings. The van der Waals surface area contributed by atoms with Gasteiger partial charge >= 0.3 is 0 Å². The second-order valence-corrected chi connectivity index (χ2v) is 5.88. The molecule has 0 radical (unpaired) electrons. The molecular weight excluding hydrogens is 318 g/mol. The van der Waals surface area contributed by atoms with Crippen molar-refractivity contribution in [1.29, 1.82) is 0 Å². The van der Waals surface area contributed by atoms with Gasteiger partial charge in [0.15, 0.2) is 0 Å². The number of fused-ring (bicyclic) bond motifs is 1. The minimum Gasteiger partial charge on any atom is -0.493 e. The standard InChI is InChI=1S/C18H23N5O2/c1-3-25-16-8-4-7-15-18(16)13(11-20-15)10-17(24)19-9-5-6-14-12-21-23(2)22-14/h4,7-8,11-12,20H,3,5-6,9-10H2,1-2H3,(H,19,24). The number of rotatable bonds is 8. The fourth-order valence-corrected chi connectivity index (χ4v) is 2.87. The number of aryl methyl sites for hydroxylation is 2. The summed E-state index contributed by atoms with van der Waals surface area (Å²) >= 11 is 0. The number of nitrogens with zero attached hydrogens (tertiary/aromatic N) is 3. The van der Waals surface area contributed by atoms with Crippen molar-refractivity contribution in [2.24, 2.45) is 7.05 Å². The molecule has 0 spiro atoms. The summed E-state index contributed by atoms with van der Waals surface area (Å²) in [4.78, 5) is 17.0. The molecule has 1 aromatic carbocycles. The van der Waals surface area contributed by atoms with Crippen LogP contribution in [0.4, 0.5) is 0 Å². The lowest BCUT2D eigenvalue weighted by Gasteiger charge is -2.07.